The number of benzene rings is 1. The lowest BCUT2D eigenvalue weighted by Crippen LogP contribution is -2.16. The van der Waals surface area contributed by atoms with E-state index >= 15 is 0 Å². The fraction of sp³-hybridized carbons (Fsp3) is 0.182. The van der Waals surface area contributed by atoms with Crippen LogP contribution in [0.4, 0.5) is 13.2 Å². The molecule has 0 aromatic heterocycles. The minimum Gasteiger partial charge on any atom is -0.384 e. The Balaban J connectivity index is 2.76. The quantitative estimate of drug-likeness (QED) is 0.782. The van der Waals surface area contributed by atoms with E-state index in [1.807, 2.05) is 0 Å². The highest BCUT2D eigenvalue weighted by atomic mass is 79.9. The molecule has 0 saturated carbocycles. The smallest absolute Gasteiger partial charge is 0.255 e. The van der Waals surface area contributed by atoms with Gasteiger partial charge in [0.1, 0.15) is 5.82 Å². The number of alkyl halides is 2. The van der Waals surface area contributed by atoms with E-state index in [1.165, 1.54) is 18.3 Å². The minimum absolute atomic E-state index is 0.0127. The zero-order valence-corrected chi connectivity index (χ0v) is 11.3. The van der Waals surface area contributed by atoms with E-state index in [9.17, 15) is 13.2 Å². The van der Waals surface area contributed by atoms with Gasteiger partial charge in [-0.2, -0.15) is 0 Å². The van der Waals surface area contributed by atoms with Crippen molar-refractivity contribution < 1.29 is 13.2 Å². The fourth-order valence-corrected chi connectivity index (χ4v) is 1.67. The van der Waals surface area contributed by atoms with Crippen molar-refractivity contribution >= 4 is 33.2 Å². The highest BCUT2D eigenvalue weighted by Gasteiger charge is 2.08. The number of hydrogen-bond donors (Lipinski definition) is 2. The van der Waals surface area contributed by atoms with Gasteiger partial charge in [0.25, 0.3) is 6.43 Å². The number of allylic oxidation sites excluding steroid dienone is 1. The Bertz CT molecular complexity index is 477. The van der Waals surface area contributed by atoms with Crippen molar-refractivity contribution in [2.75, 3.05) is 6.54 Å². The number of rotatable bonds is 5. The first kappa shape index (κ1) is 15.0. The Labute approximate surface area is 115 Å². The van der Waals surface area contributed by atoms with Crippen molar-refractivity contribution in [1.29, 1.82) is 5.41 Å². The molecule has 2 nitrogen and oxygen atoms in total. The van der Waals surface area contributed by atoms with Crippen LogP contribution in [-0.2, 0) is 0 Å². The van der Waals surface area contributed by atoms with E-state index in [1.54, 1.807) is 0 Å². The molecule has 0 bridgehead atoms. The second-order valence-electron chi connectivity index (χ2n) is 3.30. The average Bonchev–Trinajstić information content (AvgIpc) is 2.31. The van der Waals surface area contributed by atoms with Gasteiger partial charge >= 0.3 is 0 Å². The van der Waals surface area contributed by atoms with E-state index in [0.29, 0.717) is 5.56 Å². The molecule has 1 aromatic rings. The van der Waals surface area contributed by atoms with Gasteiger partial charge in [-0.3, -0.25) is 5.41 Å². The van der Waals surface area contributed by atoms with Gasteiger partial charge in [-0.1, -0.05) is 11.6 Å². The third kappa shape index (κ3) is 4.34. The number of hydrogen-bond acceptors (Lipinski definition) is 2. The fourth-order valence-electron chi connectivity index (χ4n) is 1.10. The first-order chi connectivity index (χ1) is 8.41. The summed E-state index contributed by atoms with van der Waals surface area (Å²) in [7, 11) is 0. The maximum Gasteiger partial charge on any atom is 0.255 e. The highest BCUT2D eigenvalue weighted by molar-refractivity contribution is 9.12. The van der Waals surface area contributed by atoms with Crippen molar-refractivity contribution in [3.63, 3.8) is 0 Å². The van der Waals surface area contributed by atoms with Gasteiger partial charge in [0.05, 0.1) is 21.8 Å². The van der Waals surface area contributed by atoms with Gasteiger partial charge in [-0.25, -0.2) is 13.2 Å². The summed E-state index contributed by atoms with van der Waals surface area (Å²) >= 11 is 8.65. The van der Waals surface area contributed by atoms with Crippen molar-refractivity contribution in [2.24, 2.45) is 0 Å². The predicted octanol–water partition coefficient (Wildman–Crippen LogP) is 3.94. The first-order valence-corrected chi connectivity index (χ1v) is 6.00. The average molecular weight is 342 g/mol. The molecule has 0 radical (unpaired) electrons. The van der Waals surface area contributed by atoms with Gasteiger partial charge in [0, 0.05) is 11.8 Å². The molecular weight excluding hydrogens is 332 g/mol. The molecule has 0 heterocycles. The lowest BCUT2D eigenvalue weighted by atomic mass is 10.1. The molecule has 0 aliphatic carbocycles. The van der Waals surface area contributed by atoms with E-state index < -0.39 is 18.8 Å². The van der Waals surface area contributed by atoms with E-state index in [4.69, 9.17) is 17.0 Å². The zero-order chi connectivity index (χ0) is 13.7. The van der Waals surface area contributed by atoms with Crippen LogP contribution in [0.3, 0.4) is 0 Å². The molecular formula is C11H9BrClF3N2. The molecule has 2 N–H and O–H groups in total. The Hall–Kier alpha value is -1.01. The Morgan fingerprint density at radius 1 is 1.50 bits per heavy atom. The standard InChI is InChI=1S/C11H9BrClF3N2/c12-7(4-18-5-10(15)16)11(17)6-1-2-9(14)8(13)3-6/h1-4,10,17-18H,5H2/b7-4+,17-11?. The van der Waals surface area contributed by atoms with Crippen LogP contribution in [0.2, 0.25) is 5.02 Å². The first-order valence-electron chi connectivity index (χ1n) is 4.83. The van der Waals surface area contributed by atoms with Crippen LogP contribution in [0.25, 0.3) is 0 Å². The van der Waals surface area contributed by atoms with Gasteiger partial charge in [0.2, 0.25) is 0 Å². The molecule has 98 valence electrons. The summed E-state index contributed by atoms with van der Waals surface area (Å²) in [6.07, 6.45) is -1.23. The lowest BCUT2D eigenvalue weighted by molar-refractivity contribution is 0.150. The number of nitrogens with one attached hydrogen (secondary N) is 2. The van der Waals surface area contributed by atoms with Crippen molar-refractivity contribution in [1.82, 2.24) is 5.32 Å². The molecule has 0 amide bonds. The molecule has 1 aromatic carbocycles. The molecule has 7 heteroatoms. The maximum absolute atomic E-state index is 12.9. The molecule has 0 atom stereocenters. The largest absolute Gasteiger partial charge is 0.384 e. The van der Waals surface area contributed by atoms with Crippen LogP contribution in [-0.4, -0.2) is 18.7 Å². The van der Waals surface area contributed by atoms with Gasteiger partial charge in [0.15, 0.2) is 0 Å². The summed E-state index contributed by atoms with van der Waals surface area (Å²) in [5, 5.41) is 10.0. The molecule has 0 spiro atoms. The van der Waals surface area contributed by atoms with Crippen molar-refractivity contribution in [2.45, 2.75) is 6.43 Å². The molecule has 0 aliphatic rings. The minimum atomic E-state index is -2.48. The van der Waals surface area contributed by atoms with Gasteiger partial charge in [-0.15, -0.1) is 0 Å². The topological polar surface area (TPSA) is 35.9 Å². The summed E-state index contributed by atoms with van der Waals surface area (Å²) in [4.78, 5) is 0. The molecule has 0 aliphatic heterocycles. The molecule has 0 fully saturated rings. The van der Waals surface area contributed by atoms with Crippen LogP contribution in [0.1, 0.15) is 5.56 Å². The molecule has 0 unspecified atom stereocenters. The molecule has 0 saturated heterocycles. The van der Waals surface area contributed by atoms with Crippen LogP contribution in [0.15, 0.2) is 28.9 Å². The predicted molar refractivity (Wildman–Crippen MR) is 69.3 cm³/mol. The highest BCUT2D eigenvalue weighted by Crippen LogP contribution is 2.20. The van der Waals surface area contributed by atoms with Crippen LogP contribution in [0, 0.1) is 11.2 Å². The van der Waals surface area contributed by atoms with E-state index in [-0.39, 0.29) is 15.2 Å². The molecule has 1 rings (SSSR count). The van der Waals surface area contributed by atoms with E-state index in [0.717, 1.165) is 6.07 Å². The van der Waals surface area contributed by atoms with Gasteiger partial charge < -0.3 is 5.32 Å². The van der Waals surface area contributed by atoms with Crippen molar-refractivity contribution in [3.8, 4) is 0 Å². The van der Waals surface area contributed by atoms with Crippen LogP contribution < -0.4 is 5.32 Å². The van der Waals surface area contributed by atoms with Gasteiger partial charge in [-0.05, 0) is 34.1 Å². The normalized spacial score (nSPS) is 11.8. The SMILES string of the molecule is N=C(/C(Br)=C\NCC(F)F)c1ccc(F)c(Cl)c1. The zero-order valence-electron chi connectivity index (χ0n) is 8.98. The summed E-state index contributed by atoms with van der Waals surface area (Å²) in [5.74, 6) is -0.579. The van der Waals surface area contributed by atoms with Crippen LogP contribution in [0.5, 0.6) is 0 Å². The Kier molecular flexibility index (Phi) is 5.68. The summed E-state index contributed by atoms with van der Waals surface area (Å²) < 4.78 is 37.0. The Morgan fingerprint density at radius 3 is 2.72 bits per heavy atom. The summed E-state index contributed by atoms with van der Waals surface area (Å²) in [6, 6.07) is 3.81. The van der Waals surface area contributed by atoms with E-state index in [2.05, 4.69) is 21.2 Å². The maximum atomic E-state index is 12.9. The third-order valence-electron chi connectivity index (χ3n) is 1.95. The second kappa shape index (κ2) is 6.80. The molecule has 18 heavy (non-hydrogen) atoms. The Morgan fingerprint density at radius 2 is 2.17 bits per heavy atom. The summed E-state index contributed by atoms with van der Waals surface area (Å²) in [6.45, 7) is -0.507. The monoisotopic (exact) mass is 340 g/mol. The second-order valence-corrected chi connectivity index (χ2v) is 4.56. The third-order valence-corrected chi connectivity index (χ3v) is 2.86. The lowest BCUT2D eigenvalue weighted by Gasteiger charge is -2.05. The summed E-state index contributed by atoms with van der Waals surface area (Å²) in [5.41, 5.74) is 0.391. The number of halogens is 5. The van der Waals surface area contributed by atoms with Crippen molar-refractivity contribution in [3.05, 3.63) is 45.3 Å². The van der Waals surface area contributed by atoms with Crippen LogP contribution >= 0.6 is 27.5 Å².